The number of carbonyl (C=O) groups is 1. The first kappa shape index (κ1) is 19.8. The van der Waals surface area contributed by atoms with Crippen LogP contribution >= 0.6 is 23.4 Å². The molecule has 0 aliphatic carbocycles. The van der Waals surface area contributed by atoms with Crippen molar-refractivity contribution in [3.8, 4) is 11.5 Å². The molecular weight excluding hydrogens is 408 g/mol. The Balaban J connectivity index is 1.29. The predicted molar refractivity (Wildman–Crippen MR) is 115 cm³/mol. The Morgan fingerprint density at radius 3 is 2.66 bits per heavy atom. The minimum atomic E-state index is 0.0800. The molecule has 0 atom stereocenters. The highest BCUT2D eigenvalue weighted by atomic mass is 35.5. The lowest BCUT2D eigenvalue weighted by atomic mass is 10.1. The molecule has 2 heterocycles. The third kappa shape index (κ3) is 4.74. The Kier molecular flexibility index (Phi) is 6.06. The number of rotatable bonds is 5. The lowest BCUT2D eigenvalue weighted by Gasteiger charge is -2.36. The van der Waals surface area contributed by atoms with Crippen LogP contribution in [0.15, 0.2) is 58.2 Å². The standard InChI is InChI=1S/C21H21ClN4O2S/c1-15-5-2-3-8-18(15)20-23-24-21(28-20)29-14-19(27)26-11-9-25(10-12-26)17-7-4-6-16(22)13-17/h2-8,13H,9-12,14H2,1H3. The summed E-state index contributed by atoms with van der Waals surface area (Å²) in [4.78, 5) is 16.7. The van der Waals surface area contributed by atoms with Gasteiger partial charge in [0.25, 0.3) is 5.22 Å². The summed E-state index contributed by atoms with van der Waals surface area (Å²) < 4.78 is 5.72. The Morgan fingerprint density at radius 1 is 1.10 bits per heavy atom. The van der Waals surface area contributed by atoms with Gasteiger partial charge in [-0.05, 0) is 36.8 Å². The van der Waals surface area contributed by atoms with Gasteiger partial charge in [-0.2, -0.15) is 0 Å². The zero-order chi connectivity index (χ0) is 20.2. The van der Waals surface area contributed by atoms with E-state index in [9.17, 15) is 4.79 Å². The molecule has 1 amide bonds. The molecule has 0 spiro atoms. The van der Waals surface area contributed by atoms with Crippen molar-refractivity contribution in [3.05, 3.63) is 59.1 Å². The normalized spacial score (nSPS) is 14.3. The van der Waals surface area contributed by atoms with E-state index < -0.39 is 0 Å². The summed E-state index contributed by atoms with van der Waals surface area (Å²) in [6.45, 7) is 4.94. The van der Waals surface area contributed by atoms with Crippen LogP contribution in [0.3, 0.4) is 0 Å². The van der Waals surface area contributed by atoms with Gasteiger partial charge in [0.15, 0.2) is 0 Å². The second kappa shape index (κ2) is 8.88. The highest BCUT2D eigenvalue weighted by Crippen LogP contribution is 2.26. The van der Waals surface area contributed by atoms with Crippen molar-refractivity contribution in [2.24, 2.45) is 0 Å². The number of aromatic nitrogens is 2. The van der Waals surface area contributed by atoms with Crippen molar-refractivity contribution in [2.75, 3.05) is 36.8 Å². The summed E-state index contributed by atoms with van der Waals surface area (Å²) in [5, 5.41) is 9.31. The summed E-state index contributed by atoms with van der Waals surface area (Å²) in [7, 11) is 0. The van der Waals surface area contributed by atoms with E-state index in [-0.39, 0.29) is 11.7 Å². The van der Waals surface area contributed by atoms with Crippen LogP contribution < -0.4 is 4.90 Å². The van der Waals surface area contributed by atoms with Crippen molar-refractivity contribution >= 4 is 35.0 Å². The van der Waals surface area contributed by atoms with Crippen LogP contribution in [0.5, 0.6) is 0 Å². The number of halogens is 1. The number of aryl methyl sites for hydroxylation is 1. The summed E-state index contributed by atoms with van der Waals surface area (Å²) in [5.41, 5.74) is 3.07. The zero-order valence-electron chi connectivity index (χ0n) is 16.0. The van der Waals surface area contributed by atoms with E-state index in [4.69, 9.17) is 16.0 Å². The maximum Gasteiger partial charge on any atom is 0.277 e. The van der Waals surface area contributed by atoms with Crippen LogP contribution in [0.1, 0.15) is 5.56 Å². The van der Waals surface area contributed by atoms with E-state index in [0.717, 1.165) is 34.9 Å². The molecule has 1 saturated heterocycles. The molecule has 1 aliphatic rings. The largest absolute Gasteiger partial charge is 0.411 e. The van der Waals surface area contributed by atoms with Gasteiger partial charge in [-0.25, -0.2) is 0 Å². The monoisotopic (exact) mass is 428 g/mol. The van der Waals surface area contributed by atoms with Gasteiger partial charge in [-0.1, -0.05) is 47.6 Å². The Hall–Kier alpha value is -2.51. The zero-order valence-corrected chi connectivity index (χ0v) is 17.6. The molecule has 0 bridgehead atoms. The molecule has 0 saturated carbocycles. The molecule has 2 aromatic carbocycles. The van der Waals surface area contributed by atoms with Crippen molar-refractivity contribution in [2.45, 2.75) is 12.1 Å². The Labute approximate surface area is 178 Å². The minimum Gasteiger partial charge on any atom is -0.411 e. The highest BCUT2D eigenvalue weighted by molar-refractivity contribution is 7.99. The van der Waals surface area contributed by atoms with E-state index in [1.807, 2.05) is 60.4 Å². The van der Waals surface area contributed by atoms with E-state index in [1.54, 1.807) is 0 Å². The second-order valence-corrected chi connectivity index (χ2v) is 8.19. The number of amides is 1. The van der Waals surface area contributed by atoms with E-state index in [0.29, 0.717) is 24.2 Å². The minimum absolute atomic E-state index is 0.0800. The number of hydrogen-bond donors (Lipinski definition) is 0. The fraction of sp³-hybridized carbons (Fsp3) is 0.286. The van der Waals surface area contributed by atoms with Gasteiger partial charge >= 0.3 is 0 Å². The molecule has 1 aromatic heterocycles. The van der Waals surface area contributed by atoms with Gasteiger partial charge in [0.2, 0.25) is 11.8 Å². The van der Waals surface area contributed by atoms with E-state index in [1.165, 1.54) is 11.8 Å². The molecule has 0 radical (unpaired) electrons. The number of nitrogens with zero attached hydrogens (tertiary/aromatic N) is 4. The first-order valence-electron chi connectivity index (χ1n) is 9.41. The predicted octanol–water partition coefficient (Wildman–Crippen LogP) is 4.14. The number of carbonyl (C=O) groups excluding carboxylic acids is 1. The number of thioether (sulfide) groups is 1. The summed E-state index contributed by atoms with van der Waals surface area (Å²) >= 11 is 7.36. The van der Waals surface area contributed by atoms with Crippen LogP contribution in [0, 0.1) is 6.92 Å². The van der Waals surface area contributed by atoms with Gasteiger partial charge in [-0.3, -0.25) is 4.79 Å². The molecule has 150 valence electrons. The van der Waals surface area contributed by atoms with Crippen LogP contribution in [0.25, 0.3) is 11.5 Å². The maximum absolute atomic E-state index is 12.6. The van der Waals surface area contributed by atoms with E-state index in [2.05, 4.69) is 15.1 Å². The average molecular weight is 429 g/mol. The molecule has 1 aliphatic heterocycles. The SMILES string of the molecule is Cc1ccccc1-c1nnc(SCC(=O)N2CCN(c3cccc(Cl)c3)CC2)o1. The molecule has 6 nitrogen and oxygen atoms in total. The number of benzene rings is 2. The highest BCUT2D eigenvalue weighted by Gasteiger charge is 2.22. The molecule has 3 aromatic rings. The quantitative estimate of drug-likeness (QED) is 0.569. The first-order valence-corrected chi connectivity index (χ1v) is 10.8. The summed E-state index contributed by atoms with van der Waals surface area (Å²) in [5.74, 6) is 0.844. The van der Waals surface area contributed by atoms with E-state index >= 15 is 0 Å². The van der Waals surface area contributed by atoms with Gasteiger partial charge in [0.1, 0.15) is 0 Å². The fourth-order valence-electron chi connectivity index (χ4n) is 3.29. The van der Waals surface area contributed by atoms with Crippen LogP contribution in [0.2, 0.25) is 5.02 Å². The van der Waals surface area contributed by atoms with Crippen LogP contribution in [-0.2, 0) is 4.79 Å². The number of anilines is 1. The smallest absolute Gasteiger partial charge is 0.277 e. The summed E-state index contributed by atoms with van der Waals surface area (Å²) in [6, 6.07) is 15.7. The molecule has 8 heteroatoms. The fourth-order valence-corrected chi connectivity index (χ4v) is 4.14. The second-order valence-electron chi connectivity index (χ2n) is 6.82. The van der Waals surface area contributed by atoms with Crippen molar-refractivity contribution in [3.63, 3.8) is 0 Å². The van der Waals surface area contributed by atoms with Gasteiger partial charge in [0, 0.05) is 42.5 Å². The average Bonchev–Trinajstić information content (AvgIpc) is 3.21. The number of piperazine rings is 1. The van der Waals surface area contributed by atoms with Crippen LogP contribution in [-0.4, -0.2) is 52.9 Å². The number of hydrogen-bond acceptors (Lipinski definition) is 6. The Morgan fingerprint density at radius 2 is 1.90 bits per heavy atom. The Bertz CT molecular complexity index is 1000. The maximum atomic E-state index is 12.6. The van der Waals surface area contributed by atoms with Crippen molar-refractivity contribution in [1.29, 1.82) is 0 Å². The molecule has 29 heavy (non-hydrogen) atoms. The topological polar surface area (TPSA) is 62.5 Å². The molecular formula is C21H21ClN4O2S. The molecule has 0 N–H and O–H groups in total. The summed E-state index contributed by atoms with van der Waals surface area (Å²) in [6.07, 6.45) is 0. The van der Waals surface area contributed by atoms with Gasteiger partial charge in [0.05, 0.1) is 5.75 Å². The third-order valence-corrected chi connectivity index (χ3v) is 5.95. The van der Waals surface area contributed by atoms with Gasteiger partial charge in [-0.15, -0.1) is 10.2 Å². The molecule has 0 unspecified atom stereocenters. The third-order valence-electron chi connectivity index (χ3n) is 4.91. The molecule has 4 rings (SSSR count). The van der Waals surface area contributed by atoms with Gasteiger partial charge < -0.3 is 14.2 Å². The lowest BCUT2D eigenvalue weighted by Crippen LogP contribution is -2.49. The van der Waals surface area contributed by atoms with Crippen LogP contribution in [0.4, 0.5) is 5.69 Å². The molecule has 1 fully saturated rings. The van der Waals surface area contributed by atoms with Crippen molar-refractivity contribution < 1.29 is 9.21 Å². The van der Waals surface area contributed by atoms with Crippen molar-refractivity contribution in [1.82, 2.24) is 15.1 Å². The lowest BCUT2D eigenvalue weighted by molar-refractivity contribution is -0.128. The first-order chi connectivity index (χ1) is 14.1.